The number of carbonyl (C=O) groups excluding carboxylic acids is 1. The fraction of sp³-hybridized carbons (Fsp3) is 0.923. The fourth-order valence-electron chi connectivity index (χ4n) is 2.32. The first-order chi connectivity index (χ1) is 7.80. The maximum Gasteiger partial charge on any atom is 0.407 e. The minimum atomic E-state index is -0.428. The summed E-state index contributed by atoms with van der Waals surface area (Å²) in [6.45, 7) is 10.8. The van der Waals surface area contributed by atoms with E-state index in [1.165, 1.54) is 0 Å². The molecule has 0 aliphatic carbocycles. The summed E-state index contributed by atoms with van der Waals surface area (Å²) >= 11 is 0. The zero-order chi connectivity index (χ0) is 13.1. The van der Waals surface area contributed by atoms with Crippen LogP contribution in [-0.4, -0.2) is 29.8 Å². The topological polar surface area (TPSA) is 50.4 Å². The minimum absolute atomic E-state index is 0.185. The van der Waals surface area contributed by atoms with Gasteiger partial charge in [0.05, 0.1) is 0 Å². The lowest BCUT2D eigenvalue weighted by atomic mass is 9.90. The molecule has 0 saturated carbocycles. The molecular formula is C13H26N2O2. The van der Waals surface area contributed by atoms with Crippen molar-refractivity contribution in [2.24, 2.45) is 0 Å². The molecule has 0 aromatic carbocycles. The van der Waals surface area contributed by atoms with Crippen molar-refractivity contribution in [3.8, 4) is 0 Å². The predicted octanol–water partition coefficient (Wildman–Crippen LogP) is 2.43. The first-order valence-corrected chi connectivity index (χ1v) is 6.55. The lowest BCUT2D eigenvalue weighted by molar-refractivity contribution is 0.0507. The highest BCUT2D eigenvalue weighted by atomic mass is 16.6. The quantitative estimate of drug-likeness (QED) is 0.799. The van der Waals surface area contributed by atoms with Crippen LogP contribution in [0.25, 0.3) is 0 Å². The Morgan fingerprint density at radius 3 is 2.41 bits per heavy atom. The van der Waals surface area contributed by atoms with Gasteiger partial charge in [-0.25, -0.2) is 4.79 Å². The van der Waals surface area contributed by atoms with Crippen LogP contribution < -0.4 is 10.6 Å². The van der Waals surface area contributed by atoms with Gasteiger partial charge in [-0.2, -0.15) is 0 Å². The van der Waals surface area contributed by atoms with Crippen LogP contribution in [0, 0.1) is 0 Å². The third-order valence-corrected chi connectivity index (χ3v) is 3.44. The van der Waals surface area contributed by atoms with E-state index in [0.29, 0.717) is 0 Å². The highest BCUT2D eigenvalue weighted by Crippen LogP contribution is 2.26. The number of hydrogen-bond donors (Lipinski definition) is 2. The number of rotatable bonds is 3. The summed E-state index contributed by atoms with van der Waals surface area (Å²) < 4.78 is 5.26. The number of nitrogens with one attached hydrogen (secondary N) is 2. The molecule has 17 heavy (non-hydrogen) atoms. The Bertz CT molecular complexity index is 267. The number of amides is 1. The first-order valence-electron chi connectivity index (χ1n) is 6.55. The van der Waals surface area contributed by atoms with Crippen molar-refractivity contribution in [3.63, 3.8) is 0 Å². The van der Waals surface area contributed by atoms with Gasteiger partial charge in [-0.15, -0.1) is 0 Å². The highest BCUT2D eigenvalue weighted by molar-refractivity contribution is 5.68. The standard InChI is InChI=1S/C13H26N2O2/c1-6-13(7-2)8-10(9-14-13)15-11(16)17-12(3,4)5/h10,14H,6-9H2,1-5H3,(H,15,16). The Balaban J connectivity index is 2.43. The van der Waals surface area contributed by atoms with E-state index in [2.05, 4.69) is 24.5 Å². The second-order valence-corrected chi connectivity index (χ2v) is 5.92. The molecule has 1 amide bonds. The molecule has 0 aromatic rings. The van der Waals surface area contributed by atoms with Gasteiger partial charge < -0.3 is 15.4 Å². The molecule has 2 N–H and O–H groups in total. The molecule has 0 bridgehead atoms. The van der Waals surface area contributed by atoms with Crippen LogP contribution in [0.5, 0.6) is 0 Å². The zero-order valence-corrected chi connectivity index (χ0v) is 11.7. The smallest absolute Gasteiger partial charge is 0.407 e. The highest BCUT2D eigenvalue weighted by Gasteiger charge is 2.36. The largest absolute Gasteiger partial charge is 0.444 e. The second kappa shape index (κ2) is 5.25. The molecule has 0 aromatic heterocycles. The van der Waals surface area contributed by atoms with E-state index < -0.39 is 5.60 Å². The molecule has 0 radical (unpaired) electrons. The molecule has 4 nitrogen and oxygen atoms in total. The van der Waals surface area contributed by atoms with E-state index in [9.17, 15) is 4.79 Å². The molecular weight excluding hydrogens is 216 g/mol. The summed E-state index contributed by atoms with van der Waals surface area (Å²) in [5.41, 5.74) is -0.234. The van der Waals surface area contributed by atoms with Crippen molar-refractivity contribution in [2.45, 2.75) is 71.1 Å². The van der Waals surface area contributed by atoms with Crippen LogP contribution >= 0.6 is 0 Å². The molecule has 1 heterocycles. The van der Waals surface area contributed by atoms with Crippen molar-refractivity contribution < 1.29 is 9.53 Å². The molecule has 1 aliphatic heterocycles. The van der Waals surface area contributed by atoms with Crippen LogP contribution in [-0.2, 0) is 4.74 Å². The number of carbonyl (C=O) groups is 1. The Morgan fingerprint density at radius 1 is 1.41 bits per heavy atom. The zero-order valence-electron chi connectivity index (χ0n) is 11.7. The monoisotopic (exact) mass is 242 g/mol. The third-order valence-electron chi connectivity index (χ3n) is 3.44. The molecule has 1 fully saturated rings. The van der Waals surface area contributed by atoms with Crippen molar-refractivity contribution in [1.82, 2.24) is 10.6 Å². The molecule has 1 unspecified atom stereocenters. The van der Waals surface area contributed by atoms with Gasteiger partial charge in [-0.05, 0) is 40.0 Å². The van der Waals surface area contributed by atoms with E-state index in [1.807, 2.05) is 20.8 Å². The van der Waals surface area contributed by atoms with Crippen molar-refractivity contribution in [1.29, 1.82) is 0 Å². The molecule has 1 saturated heterocycles. The van der Waals surface area contributed by atoms with Crippen molar-refractivity contribution in [3.05, 3.63) is 0 Å². The van der Waals surface area contributed by atoms with Gasteiger partial charge in [0, 0.05) is 18.1 Å². The lowest BCUT2D eigenvalue weighted by Crippen LogP contribution is -2.40. The molecule has 1 atom stereocenters. The summed E-state index contributed by atoms with van der Waals surface area (Å²) in [7, 11) is 0. The van der Waals surface area contributed by atoms with E-state index >= 15 is 0 Å². The summed E-state index contributed by atoms with van der Waals surface area (Å²) in [6.07, 6.45) is 2.86. The maximum absolute atomic E-state index is 11.6. The van der Waals surface area contributed by atoms with Crippen LogP contribution in [0.15, 0.2) is 0 Å². The summed E-state index contributed by atoms with van der Waals surface area (Å²) in [5.74, 6) is 0. The number of alkyl carbamates (subject to hydrolysis) is 1. The first kappa shape index (κ1) is 14.3. The van der Waals surface area contributed by atoms with Gasteiger partial charge in [0.15, 0.2) is 0 Å². The van der Waals surface area contributed by atoms with Crippen LogP contribution in [0.1, 0.15) is 53.9 Å². The Hall–Kier alpha value is -0.770. The van der Waals surface area contributed by atoms with Crippen molar-refractivity contribution >= 4 is 6.09 Å². The average molecular weight is 242 g/mol. The summed E-state index contributed by atoms with van der Waals surface area (Å²) in [4.78, 5) is 11.6. The normalized spacial score (nSPS) is 23.5. The lowest BCUT2D eigenvalue weighted by Gasteiger charge is -2.26. The molecule has 0 spiro atoms. The Labute approximate surface area is 104 Å². The van der Waals surface area contributed by atoms with Crippen molar-refractivity contribution in [2.75, 3.05) is 6.54 Å². The van der Waals surface area contributed by atoms with E-state index in [-0.39, 0.29) is 17.7 Å². The molecule has 1 aliphatic rings. The summed E-state index contributed by atoms with van der Waals surface area (Å²) in [6, 6.07) is 0.185. The number of ether oxygens (including phenoxy) is 1. The average Bonchev–Trinajstić information content (AvgIpc) is 2.59. The maximum atomic E-state index is 11.6. The molecule has 100 valence electrons. The van der Waals surface area contributed by atoms with E-state index in [0.717, 1.165) is 25.8 Å². The van der Waals surface area contributed by atoms with Gasteiger partial charge >= 0.3 is 6.09 Å². The van der Waals surface area contributed by atoms with Gasteiger partial charge in [0.25, 0.3) is 0 Å². The van der Waals surface area contributed by atoms with E-state index in [4.69, 9.17) is 4.74 Å². The molecule has 1 rings (SSSR count). The van der Waals surface area contributed by atoms with Gasteiger partial charge in [-0.1, -0.05) is 13.8 Å². The predicted molar refractivity (Wildman–Crippen MR) is 69.1 cm³/mol. The Morgan fingerprint density at radius 2 is 2.00 bits per heavy atom. The third kappa shape index (κ3) is 4.19. The minimum Gasteiger partial charge on any atom is -0.444 e. The Kier molecular flexibility index (Phi) is 4.42. The van der Waals surface area contributed by atoms with Crippen LogP contribution in [0.4, 0.5) is 4.79 Å². The van der Waals surface area contributed by atoms with E-state index in [1.54, 1.807) is 0 Å². The second-order valence-electron chi connectivity index (χ2n) is 5.92. The summed E-state index contributed by atoms with van der Waals surface area (Å²) in [5, 5.41) is 6.45. The van der Waals surface area contributed by atoms with Crippen LogP contribution in [0.2, 0.25) is 0 Å². The fourth-order valence-corrected chi connectivity index (χ4v) is 2.32. The number of hydrogen-bond acceptors (Lipinski definition) is 3. The van der Waals surface area contributed by atoms with Gasteiger partial charge in [0.1, 0.15) is 5.60 Å². The van der Waals surface area contributed by atoms with Crippen LogP contribution in [0.3, 0.4) is 0 Å². The SMILES string of the molecule is CCC1(CC)CC(NC(=O)OC(C)(C)C)CN1. The van der Waals surface area contributed by atoms with Gasteiger partial charge in [-0.3, -0.25) is 0 Å². The van der Waals surface area contributed by atoms with Gasteiger partial charge in [0.2, 0.25) is 0 Å². The molecule has 4 heteroatoms.